The van der Waals surface area contributed by atoms with Crippen molar-refractivity contribution in [3.63, 3.8) is 0 Å². The molecule has 1 aliphatic heterocycles. The van der Waals surface area contributed by atoms with Gasteiger partial charge in [0.2, 0.25) is 0 Å². The molecule has 0 atom stereocenters. The number of amides is 1. The average Bonchev–Trinajstić information content (AvgIpc) is 2.67. The van der Waals surface area contributed by atoms with Gasteiger partial charge in [-0.25, -0.2) is 9.97 Å². The monoisotopic (exact) mass is 335 g/mol. The van der Waals surface area contributed by atoms with Crippen molar-refractivity contribution in [2.24, 2.45) is 0 Å². The van der Waals surface area contributed by atoms with Gasteiger partial charge in [-0.15, -0.1) is 0 Å². The van der Waals surface area contributed by atoms with Gasteiger partial charge >= 0.3 is 0 Å². The molecule has 7 heteroatoms. The van der Waals surface area contributed by atoms with E-state index in [2.05, 4.69) is 25.9 Å². The highest BCUT2D eigenvalue weighted by Gasteiger charge is 2.23. The molecular weight excluding hydrogens is 318 g/mol. The number of carbonyl (C=O) groups is 1. The smallest absolute Gasteiger partial charge is 0.260 e. The van der Waals surface area contributed by atoms with Gasteiger partial charge in [0.15, 0.2) is 0 Å². The highest BCUT2D eigenvalue weighted by atomic mass is 16.2. The van der Waals surface area contributed by atoms with Crippen molar-refractivity contribution >= 4 is 22.5 Å². The van der Waals surface area contributed by atoms with Gasteiger partial charge in [-0.2, -0.15) is 0 Å². The fourth-order valence-electron chi connectivity index (χ4n) is 3.10. The first-order valence-corrected chi connectivity index (χ1v) is 8.14. The van der Waals surface area contributed by atoms with E-state index in [1.165, 1.54) is 12.5 Å². The maximum Gasteiger partial charge on any atom is 0.260 e. The summed E-state index contributed by atoms with van der Waals surface area (Å²) < 4.78 is 0. The summed E-state index contributed by atoms with van der Waals surface area (Å²) in [4.78, 5) is 39.1. The van der Waals surface area contributed by atoms with E-state index in [1.807, 2.05) is 12.1 Å². The minimum atomic E-state index is -0.343. The summed E-state index contributed by atoms with van der Waals surface area (Å²) >= 11 is 0. The number of aromatic nitrogens is 3. The SMILES string of the molecule is O=C(c1ccc[nH]c1=O)N1CCN(c2ccc3ncncc3c2)CC1. The standard InChI is InChI=1S/C18H17N5O2/c24-17-15(2-1-5-20-17)18(25)23-8-6-22(7-9-23)14-3-4-16-13(10-14)11-19-12-21-16/h1-5,10-12H,6-9H2,(H,20,24). The van der Waals surface area contributed by atoms with Crippen molar-refractivity contribution in [1.82, 2.24) is 19.9 Å². The van der Waals surface area contributed by atoms with Crippen LogP contribution < -0.4 is 10.5 Å². The van der Waals surface area contributed by atoms with Crippen LogP contribution in [0, 0.1) is 0 Å². The molecule has 2 aromatic heterocycles. The molecule has 0 unspecified atom stereocenters. The van der Waals surface area contributed by atoms with E-state index in [9.17, 15) is 9.59 Å². The second-order valence-electron chi connectivity index (χ2n) is 5.96. The number of aromatic amines is 1. The third-order valence-electron chi connectivity index (χ3n) is 4.47. The van der Waals surface area contributed by atoms with Crippen molar-refractivity contribution in [1.29, 1.82) is 0 Å². The fourth-order valence-corrected chi connectivity index (χ4v) is 3.10. The summed E-state index contributed by atoms with van der Waals surface area (Å²) in [5, 5.41) is 0.995. The molecule has 1 aliphatic rings. The average molecular weight is 335 g/mol. The lowest BCUT2D eigenvalue weighted by atomic mass is 10.1. The van der Waals surface area contributed by atoms with Crippen LogP contribution in [-0.4, -0.2) is 51.9 Å². The number of anilines is 1. The third kappa shape index (κ3) is 2.96. The number of fused-ring (bicyclic) bond motifs is 1. The molecule has 3 heterocycles. The number of nitrogens with zero attached hydrogens (tertiary/aromatic N) is 4. The largest absolute Gasteiger partial charge is 0.368 e. The van der Waals surface area contributed by atoms with Crippen molar-refractivity contribution in [2.45, 2.75) is 0 Å². The minimum absolute atomic E-state index is 0.193. The summed E-state index contributed by atoms with van der Waals surface area (Å²) in [5.41, 5.74) is 1.85. The van der Waals surface area contributed by atoms with Crippen LogP contribution in [-0.2, 0) is 0 Å². The number of pyridine rings is 1. The first kappa shape index (κ1) is 15.3. The summed E-state index contributed by atoms with van der Waals surface area (Å²) in [5.74, 6) is -0.214. The molecule has 1 amide bonds. The van der Waals surface area contributed by atoms with E-state index in [0.29, 0.717) is 13.1 Å². The highest BCUT2D eigenvalue weighted by Crippen LogP contribution is 2.21. The molecule has 25 heavy (non-hydrogen) atoms. The maximum atomic E-state index is 12.5. The van der Waals surface area contributed by atoms with Gasteiger partial charge in [0, 0.05) is 49.6 Å². The zero-order chi connectivity index (χ0) is 17.2. The fraction of sp³-hybridized carbons (Fsp3) is 0.222. The van der Waals surface area contributed by atoms with Crippen molar-refractivity contribution < 1.29 is 4.79 Å². The predicted molar refractivity (Wildman–Crippen MR) is 94.7 cm³/mol. The Morgan fingerprint density at radius 3 is 2.76 bits per heavy atom. The molecule has 0 saturated carbocycles. The molecule has 1 saturated heterocycles. The Morgan fingerprint density at radius 2 is 1.96 bits per heavy atom. The van der Waals surface area contributed by atoms with Gasteiger partial charge in [0.05, 0.1) is 5.52 Å². The Morgan fingerprint density at radius 1 is 1.12 bits per heavy atom. The second kappa shape index (κ2) is 6.35. The van der Waals surface area contributed by atoms with Crippen LogP contribution in [0.15, 0.2) is 53.8 Å². The Labute approximate surface area is 143 Å². The number of hydrogen-bond donors (Lipinski definition) is 1. The van der Waals surface area contributed by atoms with Gasteiger partial charge < -0.3 is 14.8 Å². The minimum Gasteiger partial charge on any atom is -0.368 e. The number of nitrogens with one attached hydrogen (secondary N) is 1. The zero-order valence-electron chi connectivity index (χ0n) is 13.6. The molecule has 1 aromatic carbocycles. The van der Waals surface area contributed by atoms with E-state index in [-0.39, 0.29) is 17.0 Å². The van der Waals surface area contributed by atoms with E-state index in [0.717, 1.165) is 29.7 Å². The quantitative estimate of drug-likeness (QED) is 0.763. The number of H-pyrrole nitrogens is 1. The zero-order valence-corrected chi connectivity index (χ0v) is 13.6. The van der Waals surface area contributed by atoms with Gasteiger partial charge in [-0.1, -0.05) is 0 Å². The Bertz CT molecular complexity index is 976. The Hall–Kier alpha value is -3.22. The normalized spacial score (nSPS) is 14.7. The van der Waals surface area contributed by atoms with Gasteiger partial charge in [-0.05, 0) is 30.3 Å². The van der Waals surface area contributed by atoms with Crippen LogP contribution >= 0.6 is 0 Å². The lowest BCUT2D eigenvalue weighted by molar-refractivity contribution is 0.0745. The topological polar surface area (TPSA) is 82.2 Å². The lowest BCUT2D eigenvalue weighted by Gasteiger charge is -2.36. The molecule has 1 fully saturated rings. The van der Waals surface area contributed by atoms with Crippen LogP contribution in [0.3, 0.4) is 0 Å². The second-order valence-corrected chi connectivity index (χ2v) is 5.96. The van der Waals surface area contributed by atoms with Crippen molar-refractivity contribution in [2.75, 3.05) is 31.1 Å². The van der Waals surface area contributed by atoms with Crippen LogP contribution in [0.2, 0.25) is 0 Å². The summed E-state index contributed by atoms with van der Waals surface area (Å²) in [6.45, 7) is 2.60. The maximum absolute atomic E-state index is 12.5. The number of rotatable bonds is 2. The molecule has 3 aromatic rings. The van der Waals surface area contributed by atoms with Crippen LogP contribution in [0.25, 0.3) is 10.9 Å². The summed E-state index contributed by atoms with van der Waals surface area (Å²) in [6.07, 6.45) is 4.87. The van der Waals surface area contributed by atoms with Crippen molar-refractivity contribution in [3.05, 3.63) is 65.0 Å². The summed E-state index contributed by atoms with van der Waals surface area (Å²) in [7, 11) is 0. The first-order chi connectivity index (χ1) is 12.2. The van der Waals surface area contributed by atoms with Gasteiger partial charge in [0.1, 0.15) is 11.9 Å². The molecule has 126 valence electrons. The molecule has 0 bridgehead atoms. The lowest BCUT2D eigenvalue weighted by Crippen LogP contribution is -2.49. The number of piperazine rings is 1. The van der Waals surface area contributed by atoms with Gasteiger partial charge in [0.25, 0.3) is 11.5 Å². The molecule has 0 spiro atoms. The number of hydrogen-bond acceptors (Lipinski definition) is 5. The van der Waals surface area contributed by atoms with Crippen LogP contribution in [0.1, 0.15) is 10.4 Å². The third-order valence-corrected chi connectivity index (χ3v) is 4.47. The molecule has 4 rings (SSSR count). The van der Waals surface area contributed by atoms with E-state index < -0.39 is 0 Å². The Balaban J connectivity index is 1.48. The van der Waals surface area contributed by atoms with E-state index in [1.54, 1.807) is 23.2 Å². The van der Waals surface area contributed by atoms with Crippen LogP contribution in [0.4, 0.5) is 5.69 Å². The molecular formula is C18H17N5O2. The number of carbonyl (C=O) groups excluding carboxylic acids is 1. The summed E-state index contributed by atoms with van der Waals surface area (Å²) in [6, 6.07) is 9.32. The van der Waals surface area contributed by atoms with E-state index in [4.69, 9.17) is 0 Å². The Kier molecular flexibility index (Phi) is 3.89. The van der Waals surface area contributed by atoms with Crippen molar-refractivity contribution in [3.8, 4) is 0 Å². The van der Waals surface area contributed by atoms with Gasteiger partial charge in [-0.3, -0.25) is 9.59 Å². The van der Waals surface area contributed by atoms with E-state index >= 15 is 0 Å². The number of benzene rings is 1. The first-order valence-electron chi connectivity index (χ1n) is 8.14. The highest BCUT2D eigenvalue weighted by molar-refractivity contribution is 5.94. The molecule has 1 N–H and O–H groups in total. The molecule has 7 nitrogen and oxygen atoms in total. The molecule has 0 aliphatic carbocycles. The van der Waals surface area contributed by atoms with Crippen LogP contribution in [0.5, 0.6) is 0 Å². The predicted octanol–water partition coefficient (Wildman–Crippen LogP) is 1.28. The molecule has 0 radical (unpaired) electrons.